The number of benzene rings is 2. The third-order valence-electron chi connectivity index (χ3n) is 5.62. The molecule has 6 nitrogen and oxygen atoms in total. The maximum absolute atomic E-state index is 12.6. The van der Waals surface area contributed by atoms with E-state index in [0.29, 0.717) is 5.69 Å². The van der Waals surface area contributed by atoms with E-state index >= 15 is 0 Å². The molecular formula is C26H24N2O4. The number of fused-ring (bicyclic) bond motifs is 3. The molecule has 1 atom stereocenters. The number of esters is 1. The summed E-state index contributed by atoms with van der Waals surface area (Å²) in [5, 5.41) is 2.64. The van der Waals surface area contributed by atoms with E-state index in [2.05, 4.69) is 41.1 Å². The van der Waals surface area contributed by atoms with Crippen molar-refractivity contribution in [1.82, 2.24) is 10.3 Å². The highest BCUT2D eigenvalue weighted by Gasteiger charge is 2.30. The summed E-state index contributed by atoms with van der Waals surface area (Å²) in [6.07, 6.45) is 2.84. The van der Waals surface area contributed by atoms with E-state index in [1.54, 1.807) is 18.3 Å². The van der Waals surface area contributed by atoms with E-state index < -0.39 is 18.1 Å². The Morgan fingerprint density at radius 1 is 1.09 bits per heavy atom. The van der Waals surface area contributed by atoms with Crippen LogP contribution in [-0.4, -0.2) is 36.8 Å². The van der Waals surface area contributed by atoms with Crippen LogP contribution in [0.25, 0.3) is 17.2 Å². The van der Waals surface area contributed by atoms with Crippen molar-refractivity contribution >= 4 is 18.1 Å². The molecule has 2 aromatic carbocycles. The lowest BCUT2D eigenvalue weighted by Crippen LogP contribution is -2.43. The Labute approximate surface area is 186 Å². The van der Waals surface area contributed by atoms with Gasteiger partial charge in [0.15, 0.2) is 0 Å². The molecule has 3 aromatic rings. The van der Waals surface area contributed by atoms with Crippen molar-refractivity contribution in [2.75, 3.05) is 13.7 Å². The normalized spacial score (nSPS) is 12.9. The van der Waals surface area contributed by atoms with Gasteiger partial charge in [-0.25, -0.2) is 9.59 Å². The molecule has 0 unspecified atom stereocenters. The predicted octanol–water partition coefficient (Wildman–Crippen LogP) is 4.35. The maximum Gasteiger partial charge on any atom is 0.407 e. The van der Waals surface area contributed by atoms with Gasteiger partial charge in [-0.1, -0.05) is 55.1 Å². The Bertz CT molecular complexity index is 1110. The first-order valence-corrected chi connectivity index (χ1v) is 10.4. The predicted molar refractivity (Wildman–Crippen MR) is 122 cm³/mol. The fourth-order valence-electron chi connectivity index (χ4n) is 4.09. The first-order valence-electron chi connectivity index (χ1n) is 10.4. The smallest absolute Gasteiger partial charge is 0.407 e. The molecule has 0 aliphatic heterocycles. The zero-order valence-corrected chi connectivity index (χ0v) is 17.8. The van der Waals surface area contributed by atoms with E-state index in [4.69, 9.17) is 9.47 Å². The Balaban J connectivity index is 1.45. The molecular weight excluding hydrogens is 404 g/mol. The van der Waals surface area contributed by atoms with Crippen LogP contribution in [0.3, 0.4) is 0 Å². The fourth-order valence-corrected chi connectivity index (χ4v) is 4.09. The number of rotatable bonds is 7. The summed E-state index contributed by atoms with van der Waals surface area (Å²) in [6.45, 7) is 3.87. The number of aromatic nitrogens is 1. The molecule has 4 rings (SSSR count). The first-order chi connectivity index (χ1) is 15.6. The molecule has 0 saturated carbocycles. The number of carbonyl (C=O) groups is 2. The highest BCUT2D eigenvalue weighted by Crippen LogP contribution is 2.44. The van der Waals surface area contributed by atoms with Crippen molar-refractivity contribution in [2.45, 2.75) is 18.4 Å². The minimum Gasteiger partial charge on any atom is -0.467 e. The number of pyridine rings is 1. The molecule has 1 heterocycles. The van der Waals surface area contributed by atoms with E-state index in [0.717, 1.165) is 27.8 Å². The van der Waals surface area contributed by atoms with Gasteiger partial charge in [-0.3, -0.25) is 4.98 Å². The van der Waals surface area contributed by atoms with Crippen LogP contribution in [0.2, 0.25) is 0 Å². The molecule has 1 aliphatic carbocycles. The number of methoxy groups -OCH3 is 1. The zero-order chi connectivity index (χ0) is 22.5. The van der Waals surface area contributed by atoms with Crippen molar-refractivity contribution in [1.29, 1.82) is 0 Å². The standard InChI is InChI=1S/C26H24N2O4/c1-3-18-14-17(12-13-27-18)15-24(25(29)31-2)28-26(30)32-16-23-21-10-6-4-8-19(21)20-9-5-7-11-22(20)23/h3-14,23-24H,1,15-16H2,2H3,(H,28,30)/t24-/m0/s1. The number of carbonyl (C=O) groups excluding carboxylic acids is 2. The van der Waals surface area contributed by atoms with E-state index in [1.807, 2.05) is 30.3 Å². The average molecular weight is 428 g/mol. The van der Waals surface area contributed by atoms with E-state index in [9.17, 15) is 9.59 Å². The third-order valence-corrected chi connectivity index (χ3v) is 5.62. The van der Waals surface area contributed by atoms with Crippen LogP contribution in [0.4, 0.5) is 4.79 Å². The van der Waals surface area contributed by atoms with Gasteiger partial charge in [0.25, 0.3) is 0 Å². The van der Waals surface area contributed by atoms with Crippen molar-refractivity contribution in [3.05, 3.63) is 95.8 Å². The van der Waals surface area contributed by atoms with Crippen LogP contribution in [0, 0.1) is 0 Å². The number of hydrogen-bond donors (Lipinski definition) is 1. The maximum atomic E-state index is 12.6. The van der Waals surface area contributed by atoms with Gasteiger partial charge >= 0.3 is 12.1 Å². The monoisotopic (exact) mass is 428 g/mol. The Kier molecular flexibility index (Phi) is 6.31. The minimum absolute atomic E-state index is 0.0555. The highest BCUT2D eigenvalue weighted by atomic mass is 16.6. The summed E-state index contributed by atoms with van der Waals surface area (Å²) in [6, 6.07) is 18.9. The number of amides is 1. The van der Waals surface area contributed by atoms with Crippen LogP contribution < -0.4 is 5.32 Å². The summed E-state index contributed by atoms with van der Waals surface area (Å²) < 4.78 is 10.4. The van der Waals surface area contributed by atoms with Crippen molar-refractivity contribution in [3.8, 4) is 11.1 Å². The lowest BCUT2D eigenvalue weighted by molar-refractivity contribution is -0.143. The number of nitrogens with zero attached hydrogens (tertiary/aromatic N) is 1. The molecule has 1 amide bonds. The van der Waals surface area contributed by atoms with E-state index in [-0.39, 0.29) is 18.9 Å². The molecule has 1 N–H and O–H groups in total. The van der Waals surface area contributed by atoms with Gasteiger partial charge in [-0.2, -0.15) is 0 Å². The first kappa shape index (κ1) is 21.3. The Morgan fingerprint density at radius 2 is 1.75 bits per heavy atom. The summed E-state index contributed by atoms with van der Waals surface area (Å²) in [5.41, 5.74) is 6.07. The molecule has 0 saturated heterocycles. The summed E-state index contributed by atoms with van der Waals surface area (Å²) >= 11 is 0. The van der Waals surface area contributed by atoms with Crippen LogP contribution in [-0.2, 0) is 20.7 Å². The van der Waals surface area contributed by atoms with Crippen LogP contribution >= 0.6 is 0 Å². The highest BCUT2D eigenvalue weighted by molar-refractivity contribution is 5.82. The van der Waals surface area contributed by atoms with Gasteiger partial charge in [0.05, 0.1) is 12.8 Å². The van der Waals surface area contributed by atoms with Gasteiger partial charge in [0, 0.05) is 18.5 Å². The van der Waals surface area contributed by atoms with Crippen molar-refractivity contribution in [2.24, 2.45) is 0 Å². The van der Waals surface area contributed by atoms with Gasteiger partial charge in [-0.05, 0) is 46.0 Å². The topological polar surface area (TPSA) is 77.5 Å². The number of nitrogens with one attached hydrogen (secondary N) is 1. The molecule has 0 fully saturated rings. The molecule has 162 valence electrons. The van der Waals surface area contributed by atoms with Crippen LogP contribution in [0.5, 0.6) is 0 Å². The zero-order valence-electron chi connectivity index (χ0n) is 17.8. The molecule has 0 bridgehead atoms. The fraction of sp³-hybridized carbons (Fsp3) is 0.192. The van der Waals surface area contributed by atoms with Gasteiger partial charge in [0.2, 0.25) is 0 Å². The quantitative estimate of drug-likeness (QED) is 0.566. The largest absolute Gasteiger partial charge is 0.467 e. The molecule has 1 aromatic heterocycles. The lowest BCUT2D eigenvalue weighted by Gasteiger charge is -2.18. The average Bonchev–Trinajstić information content (AvgIpc) is 3.15. The van der Waals surface area contributed by atoms with Crippen LogP contribution in [0.1, 0.15) is 28.3 Å². The number of hydrogen-bond acceptors (Lipinski definition) is 5. The second-order valence-electron chi connectivity index (χ2n) is 7.54. The molecule has 0 spiro atoms. The molecule has 0 radical (unpaired) electrons. The van der Waals surface area contributed by atoms with Crippen molar-refractivity contribution < 1.29 is 19.1 Å². The van der Waals surface area contributed by atoms with Gasteiger partial charge in [0.1, 0.15) is 12.6 Å². The summed E-state index contributed by atoms with van der Waals surface area (Å²) in [5.74, 6) is -0.601. The van der Waals surface area contributed by atoms with Gasteiger partial charge in [-0.15, -0.1) is 0 Å². The molecule has 6 heteroatoms. The van der Waals surface area contributed by atoms with Crippen LogP contribution in [0.15, 0.2) is 73.4 Å². The number of alkyl carbamates (subject to hydrolysis) is 1. The lowest BCUT2D eigenvalue weighted by atomic mass is 9.98. The third kappa shape index (κ3) is 4.39. The summed E-state index contributed by atoms with van der Waals surface area (Å²) in [4.78, 5) is 29.0. The van der Waals surface area contributed by atoms with Crippen molar-refractivity contribution in [3.63, 3.8) is 0 Å². The Morgan fingerprint density at radius 3 is 2.38 bits per heavy atom. The summed E-state index contributed by atoms with van der Waals surface area (Å²) in [7, 11) is 1.29. The Hall–Kier alpha value is -3.93. The van der Waals surface area contributed by atoms with Gasteiger partial charge < -0.3 is 14.8 Å². The molecule has 32 heavy (non-hydrogen) atoms. The number of ether oxygens (including phenoxy) is 2. The van der Waals surface area contributed by atoms with E-state index in [1.165, 1.54) is 7.11 Å². The molecule has 1 aliphatic rings. The minimum atomic E-state index is -0.879. The SMILES string of the molecule is C=Cc1cc(C[C@H](NC(=O)OCC2c3ccccc3-c3ccccc32)C(=O)OC)ccn1. The second kappa shape index (κ2) is 9.47. The second-order valence-corrected chi connectivity index (χ2v) is 7.54.